The van der Waals surface area contributed by atoms with Crippen molar-refractivity contribution in [3.8, 4) is 5.00 Å². The van der Waals surface area contributed by atoms with Gasteiger partial charge in [0, 0.05) is 21.0 Å². The molecule has 10 heteroatoms. The van der Waals surface area contributed by atoms with Crippen LogP contribution in [0.15, 0.2) is 50.9 Å². The maximum absolute atomic E-state index is 12.9. The number of nitrogens with zero attached hydrogens (tertiary/aromatic N) is 5. The molecule has 178 valence electrons. The van der Waals surface area contributed by atoms with Crippen LogP contribution >= 0.6 is 22.9 Å². The van der Waals surface area contributed by atoms with Crippen molar-refractivity contribution in [2.75, 3.05) is 0 Å². The number of hydrazone groups is 1. The van der Waals surface area contributed by atoms with E-state index in [9.17, 15) is 4.79 Å². The number of rotatable bonds is 5. The van der Waals surface area contributed by atoms with E-state index in [0.717, 1.165) is 39.0 Å². The molecule has 8 nitrogen and oxygen atoms in total. The van der Waals surface area contributed by atoms with Crippen LogP contribution in [0.4, 0.5) is 0 Å². The van der Waals surface area contributed by atoms with Crippen molar-refractivity contribution < 1.29 is 9.21 Å². The predicted molar refractivity (Wildman–Crippen MR) is 137 cm³/mol. The summed E-state index contributed by atoms with van der Waals surface area (Å²) >= 11 is 7.82. The first-order valence-corrected chi connectivity index (χ1v) is 12.3. The number of furan rings is 1. The van der Waals surface area contributed by atoms with Crippen molar-refractivity contribution in [2.24, 2.45) is 10.1 Å². The van der Waals surface area contributed by atoms with Gasteiger partial charge in [-0.25, -0.2) is 5.43 Å². The standard InChI is InChI=1S/C25H23ClN6O2S/c1-13-5-10-19(34-13)12-27-30-21(33)11-20-24-31-29-16(4)32(24)25-22(14(2)15(3)35-25)23(28-20)17-6-8-18(26)9-7-17/h5-10,12,20H,11H2,1-4H3,(H,30,33)/b27-12+/t20-/m0/s1. The van der Waals surface area contributed by atoms with Gasteiger partial charge >= 0.3 is 0 Å². The van der Waals surface area contributed by atoms with E-state index in [4.69, 9.17) is 21.0 Å². The Balaban J connectivity index is 1.54. The van der Waals surface area contributed by atoms with E-state index in [0.29, 0.717) is 16.6 Å². The molecule has 5 rings (SSSR count). The molecule has 0 bridgehead atoms. The molecular weight excluding hydrogens is 484 g/mol. The molecule has 1 amide bonds. The van der Waals surface area contributed by atoms with Crippen LogP contribution in [0.25, 0.3) is 5.00 Å². The average molecular weight is 507 g/mol. The van der Waals surface area contributed by atoms with Gasteiger partial charge in [-0.2, -0.15) is 5.10 Å². The average Bonchev–Trinajstić information content (AvgIpc) is 3.47. The Morgan fingerprint density at radius 2 is 1.94 bits per heavy atom. The lowest BCUT2D eigenvalue weighted by Gasteiger charge is -2.12. The minimum Gasteiger partial charge on any atom is -0.460 e. The fourth-order valence-corrected chi connectivity index (χ4v) is 5.38. The Hall–Kier alpha value is -3.56. The van der Waals surface area contributed by atoms with Crippen LogP contribution in [0.1, 0.15) is 57.2 Å². The number of benzene rings is 1. The van der Waals surface area contributed by atoms with Crippen LogP contribution < -0.4 is 5.43 Å². The molecule has 1 atom stereocenters. The Labute approximate surface area is 211 Å². The summed E-state index contributed by atoms with van der Waals surface area (Å²) in [5.41, 5.74) is 6.46. The fourth-order valence-electron chi connectivity index (χ4n) is 4.04. The minimum atomic E-state index is -0.553. The molecule has 3 aromatic heterocycles. The molecule has 4 aromatic rings. The van der Waals surface area contributed by atoms with Gasteiger partial charge in [0.2, 0.25) is 5.91 Å². The van der Waals surface area contributed by atoms with Crippen LogP contribution in [0.2, 0.25) is 5.02 Å². The molecule has 4 heterocycles. The zero-order valence-corrected chi connectivity index (χ0v) is 21.2. The first-order valence-electron chi connectivity index (χ1n) is 11.1. The van der Waals surface area contributed by atoms with Gasteiger partial charge in [-0.1, -0.05) is 23.7 Å². The highest BCUT2D eigenvalue weighted by Gasteiger charge is 2.32. The molecule has 0 saturated carbocycles. The first-order chi connectivity index (χ1) is 16.8. The molecule has 1 N–H and O–H groups in total. The van der Waals surface area contributed by atoms with Crippen LogP contribution in [-0.4, -0.2) is 32.6 Å². The third kappa shape index (κ3) is 4.44. The zero-order valence-electron chi connectivity index (χ0n) is 19.7. The van der Waals surface area contributed by atoms with Gasteiger partial charge < -0.3 is 4.42 Å². The lowest BCUT2D eigenvalue weighted by molar-refractivity contribution is -0.121. The number of halogens is 1. The lowest BCUT2D eigenvalue weighted by atomic mass is 9.99. The van der Waals surface area contributed by atoms with E-state index >= 15 is 0 Å². The normalized spacial score (nSPS) is 15.0. The van der Waals surface area contributed by atoms with Crippen molar-refractivity contribution in [1.82, 2.24) is 20.2 Å². The Morgan fingerprint density at radius 1 is 1.17 bits per heavy atom. The SMILES string of the molecule is Cc1ccc(/C=N/NC(=O)C[C@@H]2N=C(c3ccc(Cl)cc3)c3c(sc(C)c3C)-n3c(C)nnc32)o1. The molecule has 0 saturated heterocycles. The van der Waals surface area contributed by atoms with E-state index in [2.05, 4.69) is 34.6 Å². The molecule has 35 heavy (non-hydrogen) atoms. The fraction of sp³-hybridized carbons (Fsp3) is 0.240. The van der Waals surface area contributed by atoms with E-state index in [1.165, 1.54) is 11.1 Å². The summed E-state index contributed by atoms with van der Waals surface area (Å²) in [6.07, 6.45) is 1.52. The monoisotopic (exact) mass is 506 g/mol. The summed E-state index contributed by atoms with van der Waals surface area (Å²) in [6, 6.07) is 10.6. The van der Waals surface area contributed by atoms with Crippen LogP contribution in [0.5, 0.6) is 0 Å². The summed E-state index contributed by atoms with van der Waals surface area (Å²) in [7, 11) is 0. The van der Waals surface area contributed by atoms with Crippen molar-refractivity contribution in [2.45, 2.75) is 40.2 Å². The number of hydrogen-bond acceptors (Lipinski definition) is 7. The summed E-state index contributed by atoms with van der Waals surface area (Å²) in [4.78, 5) is 19.1. The van der Waals surface area contributed by atoms with Gasteiger partial charge in [-0.05, 0) is 57.5 Å². The van der Waals surface area contributed by atoms with E-state index in [-0.39, 0.29) is 12.3 Å². The smallest absolute Gasteiger partial charge is 0.242 e. The Morgan fingerprint density at radius 3 is 2.66 bits per heavy atom. The van der Waals surface area contributed by atoms with E-state index < -0.39 is 6.04 Å². The number of aromatic nitrogens is 3. The van der Waals surface area contributed by atoms with Crippen molar-refractivity contribution in [1.29, 1.82) is 0 Å². The van der Waals surface area contributed by atoms with Crippen molar-refractivity contribution >= 4 is 40.8 Å². The number of amides is 1. The molecule has 1 aliphatic rings. The third-order valence-corrected chi connectivity index (χ3v) is 7.32. The molecule has 0 aliphatic carbocycles. The summed E-state index contributed by atoms with van der Waals surface area (Å²) in [5, 5.41) is 14.4. The molecule has 1 aromatic carbocycles. The summed E-state index contributed by atoms with van der Waals surface area (Å²) in [6.45, 7) is 7.94. The van der Waals surface area contributed by atoms with Gasteiger partial charge in [0.05, 0.1) is 18.3 Å². The van der Waals surface area contributed by atoms with Gasteiger partial charge in [0.15, 0.2) is 5.82 Å². The topological polar surface area (TPSA) is 97.7 Å². The quantitative estimate of drug-likeness (QED) is 0.295. The van der Waals surface area contributed by atoms with Gasteiger partial charge in [0.1, 0.15) is 28.4 Å². The van der Waals surface area contributed by atoms with Gasteiger partial charge in [-0.3, -0.25) is 14.4 Å². The highest BCUT2D eigenvalue weighted by atomic mass is 35.5. The highest BCUT2D eigenvalue weighted by molar-refractivity contribution is 7.15. The predicted octanol–water partition coefficient (Wildman–Crippen LogP) is 5.24. The first kappa shape index (κ1) is 23.2. The third-order valence-electron chi connectivity index (χ3n) is 5.88. The number of aryl methyl sites for hydroxylation is 3. The number of hydrogen-bond donors (Lipinski definition) is 1. The number of fused-ring (bicyclic) bond motifs is 3. The second-order valence-corrected chi connectivity index (χ2v) is 9.99. The van der Waals surface area contributed by atoms with Crippen LogP contribution in [-0.2, 0) is 4.79 Å². The van der Waals surface area contributed by atoms with Crippen LogP contribution in [0.3, 0.4) is 0 Å². The molecular formula is C25H23ClN6O2S. The number of carbonyl (C=O) groups excluding carboxylic acids is 1. The Bertz CT molecular complexity index is 1480. The van der Waals surface area contributed by atoms with Gasteiger partial charge in [-0.15, -0.1) is 21.5 Å². The molecule has 1 aliphatic heterocycles. The zero-order chi connectivity index (χ0) is 24.7. The maximum Gasteiger partial charge on any atom is 0.242 e. The number of thiophene rings is 1. The number of nitrogens with one attached hydrogen (secondary N) is 1. The van der Waals surface area contributed by atoms with E-state index in [1.54, 1.807) is 17.4 Å². The highest BCUT2D eigenvalue weighted by Crippen LogP contribution is 2.39. The molecule has 0 spiro atoms. The van der Waals surface area contributed by atoms with Crippen molar-refractivity contribution in [3.05, 3.63) is 86.2 Å². The summed E-state index contributed by atoms with van der Waals surface area (Å²) < 4.78 is 7.46. The molecule has 0 unspecified atom stereocenters. The van der Waals surface area contributed by atoms with Crippen molar-refractivity contribution in [3.63, 3.8) is 0 Å². The van der Waals surface area contributed by atoms with Gasteiger partial charge in [0.25, 0.3) is 0 Å². The molecule has 0 fully saturated rings. The lowest BCUT2D eigenvalue weighted by Crippen LogP contribution is -2.21. The van der Waals surface area contributed by atoms with Crippen LogP contribution in [0, 0.1) is 27.7 Å². The van der Waals surface area contributed by atoms with E-state index in [1.807, 2.05) is 48.7 Å². The summed E-state index contributed by atoms with van der Waals surface area (Å²) in [5.74, 6) is 2.40. The number of carbonyl (C=O) groups is 1. The largest absolute Gasteiger partial charge is 0.460 e. The maximum atomic E-state index is 12.9. The Kier molecular flexibility index (Phi) is 6.12. The second kappa shape index (κ2) is 9.24. The minimum absolute atomic E-state index is 0.0523. The molecule has 0 radical (unpaired) electrons. The second-order valence-electron chi connectivity index (χ2n) is 8.35. The number of aliphatic imine (C=N–C) groups is 1.